The van der Waals surface area contributed by atoms with Crippen LogP contribution in [0.1, 0.15) is 18.9 Å². The molecule has 1 rings (SSSR count). The molecule has 0 aliphatic heterocycles. The van der Waals surface area contributed by atoms with E-state index in [2.05, 4.69) is 4.98 Å². The van der Waals surface area contributed by atoms with Crippen molar-refractivity contribution in [3.8, 4) is 0 Å². The minimum atomic E-state index is -0.810. The normalized spacial score (nSPS) is 12.8. The molecule has 0 fully saturated rings. The Bertz CT molecular complexity index is 371. The summed E-state index contributed by atoms with van der Waals surface area (Å²) in [7, 11) is 1.78. The number of hydrogen-bond donors (Lipinski definition) is 1. The Labute approximate surface area is 99.9 Å². The van der Waals surface area contributed by atoms with Crippen LogP contribution in [0, 0.1) is 0 Å². The number of carbonyl (C=O) groups is 1. The van der Waals surface area contributed by atoms with Gasteiger partial charge in [-0.05, 0) is 25.1 Å². The number of aliphatic carboxylic acids is 1. The number of aromatic nitrogens is 1. The zero-order valence-corrected chi connectivity index (χ0v) is 10.1. The van der Waals surface area contributed by atoms with Gasteiger partial charge in [0.25, 0.3) is 0 Å². The van der Waals surface area contributed by atoms with Crippen molar-refractivity contribution >= 4 is 17.6 Å². The van der Waals surface area contributed by atoms with Crippen molar-refractivity contribution in [2.75, 3.05) is 7.05 Å². The number of rotatable bonds is 5. The van der Waals surface area contributed by atoms with E-state index in [1.807, 2.05) is 6.92 Å². The minimum Gasteiger partial charge on any atom is -0.480 e. The first kappa shape index (κ1) is 12.9. The summed E-state index contributed by atoms with van der Waals surface area (Å²) in [5.74, 6) is -0.810. The number of pyridine rings is 1. The maximum absolute atomic E-state index is 11.0. The fourth-order valence-corrected chi connectivity index (χ4v) is 1.77. The van der Waals surface area contributed by atoms with Crippen molar-refractivity contribution in [3.05, 3.63) is 29.0 Å². The fraction of sp³-hybridized carbons (Fsp3) is 0.455. The SMILES string of the molecule is CCC(C(=O)O)N(C)Cc1ccncc1Cl. The van der Waals surface area contributed by atoms with Gasteiger partial charge >= 0.3 is 5.97 Å². The van der Waals surface area contributed by atoms with Crippen LogP contribution in [-0.4, -0.2) is 34.0 Å². The average molecular weight is 243 g/mol. The van der Waals surface area contributed by atoms with Gasteiger partial charge < -0.3 is 5.11 Å². The van der Waals surface area contributed by atoms with E-state index >= 15 is 0 Å². The summed E-state index contributed by atoms with van der Waals surface area (Å²) in [6.07, 6.45) is 3.78. The molecule has 0 saturated heterocycles. The van der Waals surface area contributed by atoms with E-state index in [1.165, 1.54) is 0 Å². The summed E-state index contributed by atoms with van der Waals surface area (Å²) in [4.78, 5) is 16.6. The van der Waals surface area contributed by atoms with Gasteiger partial charge in [0.15, 0.2) is 0 Å². The van der Waals surface area contributed by atoms with E-state index in [4.69, 9.17) is 16.7 Å². The summed E-state index contributed by atoms with van der Waals surface area (Å²) >= 11 is 5.96. The highest BCUT2D eigenvalue weighted by Gasteiger charge is 2.20. The second-order valence-electron chi connectivity index (χ2n) is 3.64. The van der Waals surface area contributed by atoms with E-state index in [9.17, 15) is 4.79 Å². The molecule has 1 atom stereocenters. The number of likely N-dealkylation sites (N-methyl/N-ethyl adjacent to an activating group) is 1. The van der Waals surface area contributed by atoms with Crippen LogP contribution in [-0.2, 0) is 11.3 Å². The lowest BCUT2D eigenvalue weighted by atomic mass is 10.1. The molecule has 0 saturated carbocycles. The van der Waals surface area contributed by atoms with Crippen molar-refractivity contribution < 1.29 is 9.90 Å². The molecule has 16 heavy (non-hydrogen) atoms. The smallest absolute Gasteiger partial charge is 0.320 e. The molecule has 0 aliphatic rings. The maximum Gasteiger partial charge on any atom is 0.320 e. The lowest BCUT2D eigenvalue weighted by Crippen LogP contribution is -2.37. The highest BCUT2D eigenvalue weighted by molar-refractivity contribution is 6.31. The van der Waals surface area contributed by atoms with E-state index in [0.29, 0.717) is 18.0 Å². The zero-order valence-electron chi connectivity index (χ0n) is 9.35. The first-order valence-corrected chi connectivity index (χ1v) is 5.45. The summed E-state index contributed by atoms with van der Waals surface area (Å²) in [6.45, 7) is 2.36. The highest BCUT2D eigenvalue weighted by Crippen LogP contribution is 2.16. The van der Waals surface area contributed by atoms with Gasteiger partial charge in [-0.3, -0.25) is 14.7 Å². The third kappa shape index (κ3) is 3.18. The van der Waals surface area contributed by atoms with Crippen molar-refractivity contribution in [2.45, 2.75) is 25.9 Å². The van der Waals surface area contributed by atoms with Crippen LogP contribution in [0.3, 0.4) is 0 Å². The topological polar surface area (TPSA) is 53.4 Å². The average Bonchev–Trinajstić information content (AvgIpc) is 2.22. The van der Waals surface area contributed by atoms with Crippen LogP contribution < -0.4 is 0 Å². The van der Waals surface area contributed by atoms with Gasteiger partial charge in [-0.15, -0.1) is 0 Å². The lowest BCUT2D eigenvalue weighted by molar-refractivity contribution is -0.143. The zero-order chi connectivity index (χ0) is 12.1. The van der Waals surface area contributed by atoms with Crippen molar-refractivity contribution in [2.24, 2.45) is 0 Å². The van der Waals surface area contributed by atoms with Crippen molar-refractivity contribution in [1.29, 1.82) is 0 Å². The van der Waals surface area contributed by atoms with Gasteiger partial charge in [0.2, 0.25) is 0 Å². The first-order chi connectivity index (χ1) is 7.56. The van der Waals surface area contributed by atoms with E-state index in [-0.39, 0.29) is 0 Å². The first-order valence-electron chi connectivity index (χ1n) is 5.07. The van der Waals surface area contributed by atoms with Gasteiger partial charge in [0.05, 0.1) is 5.02 Å². The molecule has 1 aromatic rings. The van der Waals surface area contributed by atoms with Crippen LogP contribution in [0.5, 0.6) is 0 Å². The van der Waals surface area contributed by atoms with Crippen LogP contribution in [0.25, 0.3) is 0 Å². The molecule has 1 N–H and O–H groups in total. The quantitative estimate of drug-likeness (QED) is 0.859. The Kier molecular flexibility index (Phi) is 4.71. The molecular formula is C11H15ClN2O2. The third-order valence-electron chi connectivity index (χ3n) is 2.48. The molecule has 88 valence electrons. The molecule has 0 amide bonds. The Morgan fingerprint density at radius 3 is 2.88 bits per heavy atom. The van der Waals surface area contributed by atoms with E-state index in [1.54, 1.807) is 30.4 Å². The molecule has 1 unspecified atom stereocenters. The largest absolute Gasteiger partial charge is 0.480 e. The predicted octanol–water partition coefficient (Wildman–Crippen LogP) is 2.03. The van der Waals surface area contributed by atoms with Gasteiger partial charge in [0, 0.05) is 18.9 Å². The van der Waals surface area contributed by atoms with Gasteiger partial charge in [0.1, 0.15) is 6.04 Å². The second kappa shape index (κ2) is 5.82. The molecular weight excluding hydrogens is 228 g/mol. The summed E-state index contributed by atoms with van der Waals surface area (Å²) in [6, 6.07) is 1.32. The third-order valence-corrected chi connectivity index (χ3v) is 2.82. The van der Waals surface area contributed by atoms with Crippen molar-refractivity contribution in [3.63, 3.8) is 0 Å². The maximum atomic E-state index is 11.0. The fourth-order valence-electron chi connectivity index (χ4n) is 1.59. The second-order valence-corrected chi connectivity index (χ2v) is 4.05. The van der Waals surface area contributed by atoms with Gasteiger partial charge in [-0.2, -0.15) is 0 Å². The highest BCUT2D eigenvalue weighted by atomic mass is 35.5. The van der Waals surface area contributed by atoms with Crippen LogP contribution in [0.2, 0.25) is 5.02 Å². The number of hydrogen-bond acceptors (Lipinski definition) is 3. The van der Waals surface area contributed by atoms with Crippen LogP contribution in [0.15, 0.2) is 18.5 Å². The number of halogens is 1. The molecule has 0 aromatic carbocycles. The monoisotopic (exact) mass is 242 g/mol. The van der Waals surface area contributed by atoms with Crippen LogP contribution in [0.4, 0.5) is 0 Å². The summed E-state index contributed by atoms with van der Waals surface area (Å²) in [5.41, 5.74) is 0.888. The van der Waals surface area contributed by atoms with Gasteiger partial charge in [-0.25, -0.2) is 0 Å². The molecule has 1 heterocycles. The molecule has 1 aromatic heterocycles. The lowest BCUT2D eigenvalue weighted by Gasteiger charge is -2.23. The Morgan fingerprint density at radius 1 is 1.69 bits per heavy atom. The Balaban J connectivity index is 2.74. The predicted molar refractivity (Wildman–Crippen MR) is 62.4 cm³/mol. The number of carboxylic acid groups (broad SMARTS) is 1. The molecule has 0 spiro atoms. The Hall–Kier alpha value is -1.13. The molecule has 4 nitrogen and oxygen atoms in total. The van der Waals surface area contributed by atoms with E-state index < -0.39 is 12.0 Å². The molecule has 5 heteroatoms. The molecule has 0 bridgehead atoms. The number of nitrogens with zero attached hydrogens (tertiary/aromatic N) is 2. The van der Waals surface area contributed by atoms with E-state index in [0.717, 1.165) is 5.56 Å². The summed E-state index contributed by atoms with van der Waals surface area (Å²) in [5, 5.41) is 9.57. The van der Waals surface area contributed by atoms with Gasteiger partial charge in [-0.1, -0.05) is 18.5 Å². The molecule has 0 radical (unpaired) electrons. The standard InChI is InChI=1S/C11H15ClN2O2/c1-3-10(11(15)16)14(2)7-8-4-5-13-6-9(8)12/h4-6,10H,3,7H2,1-2H3,(H,15,16). The number of carboxylic acids is 1. The molecule has 0 aliphatic carbocycles. The van der Waals surface area contributed by atoms with Crippen LogP contribution >= 0.6 is 11.6 Å². The summed E-state index contributed by atoms with van der Waals surface area (Å²) < 4.78 is 0. The van der Waals surface area contributed by atoms with Crippen molar-refractivity contribution in [1.82, 2.24) is 9.88 Å². The minimum absolute atomic E-state index is 0.482. The Morgan fingerprint density at radius 2 is 2.38 bits per heavy atom.